The molecule has 0 spiro atoms. The molecule has 10 aromatic rings. The van der Waals surface area contributed by atoms with Crippen LogP contribution in [0.4, 0.5) is 0 Å². The summed E-state index contributed by atoms with van der Waals surface area (Å²) in [6.45, 7) is 13.9. The molecule has 0 aromatic heterocycles. The maximum atomic E-state index is 2.71. The fraction of sp³-hybridized carbons (Fsp3) is 0.375. The van der Waals surface area contributed by atoms with Crippen LogP contribution in [0.1, 0.15) is 241 Å². The van der Waals surface area contributed by atoms with Crippen molar-refractivity contribution in [3.8, 4) is 100 Å². The minimum atomic E-state index is -0.105. The second kappa shape index (κ2) is 33.0. The molecular formula is C96H110. The quantitative estimate of drug-likeness (QED) is 0.0347. The Morgan fingerprint density at radius 2 is 0.417 bits per heavy atom. The van der Waals surface area contributed by atoms with E-state index in [-0.39, 0.29) is 10.8 Å². The van der Waals surface area contributed by atoms with Crippen LogP contribution in [0.15, 0.2) is 218 Å². The highest BCUT2D eigenvalue weighted by molar-refractivity contribution is 5.91. The highest BCUT2D eigenvalue weighted by Crippen LogP contribution is 2.58. The third-order valence-corrected chi connectivity index (χ3v) is 22.4. The van der Waals surface area contributed by atoms with Crippen molar-refractivity contribution < 1.29 is 0 Å². The Bertz CT molecular complexity index is 4030. The fourth-order valence-electron chi connectivity index (χ4n) is 16.9. The van der Waals surface area contributed by atoms with Gasteiger partial charge in [-0.25, -0.2) is 0 Å². The third-order valence-electron chi connectivity index (χ3n) is 22.4. The molecule has 0 saturated heterocycles. The van der Waals surface area contributed by atoms with Crippen LogP contribution < -0.4 is 0 Å². The van der Waals surface area contributed by atoms with Crippen LogP contribution in [-0.4, -0.2) is 0 Å². The number of benzene rings is 10. The summed E-state index contributed by atoms with van der Waals surface area (Å²) < 4.78 is 0. The van der Waals surface area contributed by atoms with Crippen molar-refractivity contribution in [1.29, 1.82) is 0 Å². The van der Waals surface area contributed by atoms with Crippen LogP contribution >= 0.6 is 0 Å². The molecule has 0 radical (unpaired) electrons. The molecule has 0 saturated carbocycles. The van der Waals surface area contributed by atoms with Crippen molar-refractivity contribution in [1.82, 2.24) is 0 Å². The van der Waals surface area contributed by atoms with Crippen molar-refractivity contribution in [2.24, 2.45) is 0 Å². The standard InChI is InChI=1S/C96H110/c1-7-11-15-19-23-33-57-95(58-34-24-20-16-12-8-2)91-61-72(6)43-53-87(91)88-55-51-79(69-93(88)95)83-65-84(67-86(66-83)85-63-81(73-37-29-27-30-38-73)62-82(64-85)74-39-31-28-32-40-74)80-52-56-90-89-54-50-78(77-48-46-76(47-49-77)75-44-41-71(5)42-45-75)68-92(89)96(94(90)70-80,59-35-25-21-17-13-9-3)60-36-26-22-18-14-10-4/h27-32,37-56,61-70H,7-26,33-36,57-60H2,1-6H3. The molecule has 2 aliphatic rings. The maximum Gasteiger partial charge on any atom is 0.0215 e. The van der Waals surface area contributed by atoms with Gasteiger partial charge in [0.1, 0.15) is 0 Å². The van der Waals surface area contributed by atoms with Crippen molar-refractivity contribution in [3.05, 3.63) is 252 Å². The highest BCUT2D eigenvalue weighted by atomic mass is 14.5. The summed E-state index contributed by atoms with van der Waals surface area (Å²) in [6.07, 6.45) is 36.0. The zero-order chi connectivity index (χ0) is 66.1. The van der Waals surface area contributed by atoms with Gasteiger partial charge in [-0.15, -0.1) is 0 Å². The van der Waals surface area contributed by atoms with Gasteiger partial charge in [-0.2, -0.15) is 0 Å². The van der Waals surface area contributed by atoms with Crippen molar-refractivity contribution in [2.75, 3.05) is 0 Å². The van der Waals surface area contributed by atoms with E-state index in [1.54, 1.807) is 22.3 Å². The SMILES string of the molecule is CCCCCCCCC1(CCCCCCCC)c2cc(C)ccc2-c2ccc(-c3cc(-c4cc(-c5ccccc5)cc(-c5ccccc5)c4)cc(-c4ccc5c(c4)C(CCCCCCCC)(CCCCCCCC)c4cc(-c6ccc(-c7ccc(C)cc7)cc6)ccc4-5)c3)cc21. The third kappa shape index (κ3) is 15.6. The van der Waals surface area contributed by atoms with E-state index >= 15 is 0 Å². The molecular weight excluding hydrogens is 1150 g/mol. The van der Waals surface area contributed by atoms with E-state index < -0.39 is 0 Å². The molecule has 0 heterocycles. The molecule has 2 aliphatic carbocycles. The summed E-state index contributed by atoms with van der Waals surface area (Å²) in [5, 5.41) is 0. The number of fused-ring (bicyclic) bond motifs is 6. The molecule has 10 aromatic carbocycles. The molecule has 0 N–H and O–H groups in total. The van der Waals surface area contributed by atoms with Crippen molar-refractivity contribution in [3.63, 3.8) is 0 Å². The van der Waals surface area contributed by atoms with Gasteiger partial charge in [-0.05, 0) is 217 Å². The Morgan fingerprint density at radius 1 is 0.188 bits per heavy atom. The molecule has 0 amide bonds. The second-order valence-electron chi connectivity index (χ2n) is 29.3. The minimum Gasteiger partial charge on any atom is -0.0654 e. The Labute approximate surface area is 580 Å². The molecule has 0 nitrogen and oxygen atoms in total. The maximum absolute atomic E-state index is 2.71. The van der Waals surface area contributed by atoms with Crippen LogP contribution in [0, 0.1) is 13.8 Å². The molecule has 0 aliphatic heterocycles. The molecule has 0 unspecified atom stereocenters. The molecule has 0 atom stereocenters. The zero-order valence-electron chi connectivity index (χ0n) is 59.6. The average Bonchev–Trinajstić information content (AvgIpc) is 1.56. The largest absolute Gasteiger partial charge is 0.0654 e. The summed E-state index contributed by atoms with van der Waals surface area (Å²) in [4.78, 5) is 0. The lowest BCUT2D eigenvalue weighted by Gasteiger charge is -2.33. The number of unbranched alkanes of at least 4 members (excludes halogenated alkanes) is 20. The first-order valence-corrected chi connectivity index (χ1v) is 38.4. The molecule has 0 fully saturated rings. The molecule has 96 heavy (non-hydrogen) atoms. The van der Waals surface area contributed by atoms with Gasteiger partial charge in [-0.3, -0.25) is 0 Å². The van der Waals surface area contributed by atoms with E-state index in [0.717, 1.165) is 0 Å². The van der Waals surface area contributed by atoms with E-state index in [1.807, 2.05) is 0 Å². The average molecular weight is 1260 g/mol. The lowest BCUT2D eigenvalue weighted by atomic mass is 9.69. The van der Waals surface area contributed by atoms with Crippen LogP contribution in [0.25, 0.3) is 100 Å². The Hall–Kier alpha value is -7.80. The summed E-state index contributed by atoms with van der Waals surface area (Å²) in [5.74, 6) is 0. The highest BCUT2D eigenvalue weighted by Gasteiger charge is 2.44. The predicted octanol–water partition coefficient (Wildman–Crippen LogP) is 29.5. The summed E-state index contributed by atoms with van der Waals surface area (Å²) >= 11 is 0. The first kappa shape index (κ1) is 68.2. The Kier molecular flexibility index (Phi) is 23.4. The Balaban J connectivity index is 1.03. The number of aryl methyl sites for hydroxylation is 2. The molecule has 494 valence electrons. The van der Waals surface area contributed by atoms with Crippen molar-refractivity contribution >= 4 is 0 Å². The van der Waals surface area contributed by atoms with Crippen LogP contribution in [0.5, 0.6) is 0 Å². The van der Waals surface area contributed by atoms with E-state index in [1.165, 1.54) is 291 Å². The fourth-order valence-corrected chi connectivity index (χ4v) is 16.9. The van der Waals surface area contributed by atoms with Crippen LogP contribution in [0.3, 0.4) is 0 Å². The van der Waals surface area contributed by atoms with E-state index in [9.17, 15) is 0 Å². The van der Waals surface area contributed by atoms with Gasteiger partial charge in [0, 0.05) is 10.8 Å². The van der Waals surface area contributed by atoms with Gasteiger partial charge in [0.2, 0.25) is 0 Å². The molecule has 12 rings (SSSR count). The lowest BCUT2D eigenvalue weighted by molar-refractivity contribution is 0.398. The van der Waals surface area contributed by atoms with Gasteiger partial charge in [0.15, 0.2) is 0 Å². The summed E-state index contributed by atoms with van der Waals surface area (Å²) in [5.41, 5.74) is 32.5. The normalized spacial score (nSPS) is 13.2. The smallest absolute Gasteiger partial charge is 0.0215 e. The van der Waals surface area contributed by atoms with E-state index in [0.29, 0.717) is 0 Å². The van der Waals surface area contributed by atoms with Gasteiger partial charge >= 0.3 is 0 Å². The first-order chi connectivity index (χ1) is 47.2. The van der Waals surface area contributed by atoms with Gasteiger partial charge in [0.05, 0.1) is 0 Å². The minimum absolute atomic E-state index is 0.0215. The van der Waals surface area contributed by atoms with Crippen LogP contribution in [-0.2, 0) is 10.8 Å². The summed E-state index contributed by atoms with van der Waals surface area (Å²) in [6, 6.07) is 86.1. The van der Waals surface area contributed by atoms with Crippen molar-refractivity contribution in [2.45, 2.75) is 232 Å². The number of hydrogen-bond acceptors (Lipinski definition) is 0. The first-order valence-electron chi connectivity index (χ1n) is 38.4. The van der Waals surface area contributed by atoms with E-state index in [4.69, 9.17) is 0 Å². The van der Waals surface area contributed by atoms with Gasteiger partial charge in [0.25, 0.3) is 0 Å². The van der Waals surface area contributed by atoms with Crippen LogP contribution in [0.2, 0.25) is 0 Å². The topological polar surface area (TPSA) is 0 Å². The van der Waals surface area contributed by atoms with E-state index in [2.05, 4.69) is 260 Å². The molecule has 0 bridgehead atoms. The monoisotopic (exact) mass is 1260 g/mol. The molecule has 0 heteroatoms. The van der Waals surface area contributed by atoms with Gasteiger partial charge < -0.3 is 0 Å². The Morgan fingerprint density at radius 3 is 0.760 bits per heavy atom. The second-order valence-corrected chi connectivity index (χ2v) is 29.3. The number of hydrogen-bond donors (Lipinski definition) is 0. The number of rotatable bonds is 35. The summed E-state index contributed by atoms with van der Waals surface area (Å²) in [7, 11) is 0. The van der Waals surface area contributed by atoms with Gasteiger partial charge in [-0.1, -0.05) is 357 Å². The zero-order valence-corrected chi connectivity index (χ0v) is 59.6. The lowest BCUT2D eigenvalue weighted by Crippen LogP contribution is -2.25. The predicted molar refractivity (Wildman–Crippen MR) is 418 cm³/mol.